The van der Waals surface area contributed by atoms with Gasteiger partial charge in [0, 0.05) is 6.54 Å². The molecule has 1 amide bonds. The number of ether oxygens (including phenoxy) is 2. The molecule has 104 valence electrons. The lowest BCUT2D eigenvalue weighted by Crippen LogP contribution is -2.38. The van der Waals surface area contributed by atoms with E-state index < -0.39 is 18.1 Å². The summed E-state index contributed by atoms with van der Waals surface area (Å²) in [6, 6.07) is 6.49. The molecule has 0 aliphatic heterocycles. The molecule has 0 saturated heterocycles. The fraction of sp³-hybridized carbons (Fsp3) is 0.385. The zero-order valence-electron chi connectivity index (χ0n) is 11.0. The molecule has 0 fully saturated rings. The van der Waals surface area contributed by atoms with Crippen LogP contribution in [-0.2, 0) is 16.1 Å². The van der Waals surface area contributed by atoms with Crippen molar-refractivity contribution in [2.24, 2.45) is 5.73 Å². The molecule has 1 aromatic carbocycles. The summed E-state index contributed by atoms with van der Waals surface area (Å²) >= 11 is 0. The van der Waals surface area contributed by atoms with Crippen molar-refractivity contribution in [3.05, 3.63) is 29.8 Å². The van der Waals surface area contributed by atoms with E-state index in [0.29, 0.717) is 12.3 Å². The van der Waals surface area contributed by atoms with Crippen LogP contribution in [0, 0.1) is 0 Å². The molecule has 0 radical (unpaired) electrons. The molecule has 1 rings (SSSR count). The van der Waals surface area contributed by atoms with E-state index in [0.717, 1.165) is 5.56 Å². The van der Waals surface area contributed by atoms with Crippen molar-refractivity contribution in [3.8, 4) is 5.75 Å². The largest absolute Gasteiger partial charge is 0.513 e. The SMILES string of the molecule is CCOC(=O)Oc1ccc(CNC(C)C(N)=O)cc1. The Balaban J connectivity index is 2.47. The first-order chi connectivity index (χ1) is 9.02. The second kappa shape index (κ2) is 7.38. The summed E-state index contributed by atoms with van der Waals surface area (Å²) in [6.45, 7) is 4.17. The standard InChI is InChI=1S/C13H18N2O4/c1-3-18-13(17)19-11-6-4-10(5-7-11)8-15-9(2)12(14)16/h4-7,9,15H,3,8H2,1-2H3,(H2,14,16). The zero-order chi connectivity index (χ0) is 14.3. The average molecular weight is 266 g/mol. The Hall–Kier alpha value is -2.08. The van der Waals surface area contributed by atoms with Gasteiger partial charge in [0.25, 0.3) is 0 Å². The van der Waals surface area contributed by atoms with Crippen LogP contribution in [0.3, 0.4) is 0 Å². The summed E-state index contributed by atoms with van der Waals surface area (Å²) < 4.78 is 9.57. The smallest absolute Gasteiger partial charge is 0.434 e. The van der Waals surface area contributed by atoms with E-state index in [1.54, 1.807) is 38.1 Å². The first kappa shape index (κ1) is 15.0. The van der Waals surface area contributed by atoms with Crippen molar-refractivity contribution < 1.29 is 19.1 Å². The molecule has 0 aliphatic rings. The van der Waals surface area contributed by atoms with Gasteiger partial charge in [-0.05, 0) is 31.5 Å². The third-order valence-electron chi connectivity index (χ3n) is 2.43. The molecular weight excluding hydrogens is 248 g/mol. The van der Waals surface area contributed by atoms with Gasteiger partial charge in [0.05, 0.1) is 12.6 Å². The molecule has 1 aromatic rings. The lowest BCUT2D eigenvalue weighted by molar-refractivity contribution is -0.119. The summed E-state index contributed by atoms with van der Waals surface area (Å²) in [5, 5.41) is 2.97. The molecule has 0 saturated carbocycles. The Morgan fingerprint density at radius 1 is 1.32 bits per heavy atom. The van der Waals surface area contributed by atoms with Crippen molar-refractivity contribution >= 4 is 12.1 Å². The van der Waals surface area contributed by atoms with E-state index in [9.17, 15) is 9.59 Å². The third-order valence-corrected chi connectivity index (χ3v) is 2.43. The van der Waals surface area contributed by atoms with Gasteiger partial charge in [-0.25, -0.2) is 4.79 Å². The highest BCUT2D eigenvalue weighted by atomic mass is 16.7. The molecule has 0 aromatic heterocycles. The second-order valence-electron chi connectivity index (χ2n) is 3.93. The van der Waals surface area contributed by atoms with Crippen LogP contribution < -0.4 is 15.8 Å². The van der Waals surface area contributed by atoms with Gasteiger partial charge in [0.15, 0.2) is 0 Å². The first-order valence-electron chi connectivity index (χ1n) is 5.99. The van der Waals surface area contributed by atoms with Crippen LogP contribution >= 0.6 is 0 Å². The maximum Gasteiger partial charge on any atom is 0.513 e. The summed E-state index contributed by atoms with van der Waals surface area (Å²) in [7, 11) is 0. The minimum absolute atomic E-state index is 0.270. The van der Waals surface area contributed by atoms with Gasteiger partial charge in [-0.3, -0.25) is 4.79 Å². The molecule has 0 bridgehead atoms. The van der Waals surface area contributed by atoms with Gasteiger partial charge in [-0.2, -0.15) is 0 Å². The van der Waals surface area contributed by atoms with Crippen molar-refractivity contribution in [1.29, 1.82) is 0 Å². The van der Waals surface area contributed by atoms with Crippen molar-refractivity contribution in [3.63, 3.8) is 0 Å². The van der Waals surface area contributed by atoms with E-state index in [2.05, 4.69) is 10.1 Å². The predicted octanol–water partition coefficient (Wildman–Crippen LogP) is 1.19. The number of nitrogens with one attached hydrogen (secondary N) is 1. The molecule has 6 nitrogen and oxygen atoms in total. The van der Waals surface area contributed by atoms with Gasteiger partial charge >= 0.3 is 6.16 Å². The highest BCUT2D eigenvalue weighted by Crippen LogP contribution is 2.12. The number of hydrogen-bond acceptors (Lipinski definition) is 5. The average Bonchev–Trinajstić information content (AvgIpc) is 2.37. The molecule has 1 atom stereocenters. The van der Waals surface area contributed by atoms with Crippen LogP contribution in [0.2, 0.25) is 0 Å². The topological polar surface area (TPSA) is 90.7 Å². The first-order valence-corrected chi connectivity index (χ1v) is 5.99. The van der Waals surface area contributed by atoms with Crippen LogP contribution in [0.15, 0.2) is 24.3 Å². The van der Waals surface area contributed by atoms with Crippen LogP contribution in [0.25, 0.3) is 0 Å². The fourth-order valence-electron chi connectivity index (χ4n) is 1.29. The Morgan fingerprint density at radius 3 is 2.47 bits per heavy atom. The number of nitrogens with two attached hydrogens (primary N) is 1. The Bertz CT molecular complexity index is 431. The van der Waals surface area contributed by atoms with Gasteiger partial charge < -0.3 is 20.5 Å². The number of primary amides is 1. The lowest BCUT2D eigenvalue weighted by atomic mass is 10.2. The minimum atomic E-state index is -0.726. The third kappa shape index (κ3) is 5.39. The zero-order valence-corrected chi connectivity index (χ0v) is 11.0. The maximum absolute atomic E-state index is 11.1. The predicted molar refractivity (Wildman–Crippen MR) is 69.6 cm³/mol. The van der Waals surface area contributed by atoms with Crippen LogP contribution in [-0.4, -0.2) is 24.7 Å². The molecule has 6 heteroatoms. The number of carbonyl (C=O) groups excluding carboxylic acids is 2. The summed E-state index contributed by atoms with van der Waals surface area (Å²) in [6.07, 6.45) is -0.726. The minimum Gasteiger partial charge on any atom is -0.434 e. The molecule has 0 spiro atoms. The number of carbonyl (C=O) groups is 2. The molecule has 0 heterocycles. The van der Waals surface area contributed by atoms with Gasteiger partial charge in [0.2, 0.25) is 5.91 Å². The quantitative estimate of drug-likeness (QED) is 0.596. The monoisotopic (exact) mass is 266 g/mol. The fourth-order valence-corrected chi connectivity index (χ4v) is 1.29. The van der Waals surface area contributed by atoms with Crippen LogP contribution in [0.4, 0.5) is 4.79 Å². The number of rotatable bonds is 6. The number of hydrogen-bond donors (Lipinski definition) is 2. The lowest BCUT2D eigenvalue weighted by Gasteiger charge is -2.10. The Labute approximate surface area is 111 Å². The highest BCUT2D eigenvalue weighted by Gasteiger charge is 2.08. The van der Waals surface area contributed by atoms with E-state index in [1.807, 2.05) is 0 Å². The molecule has 0 aliphatic carbocycles. The van der Waals surface area contributed by atoms with Gasteiger partial charge in [-0.1, -0.05) is 12.1 Å². The van der Waals surface area contributed by atoms with E-state index in [-0.39, 0.29) is 6.61 Å². The van der Waals surface area contributed by atoms with Gasteiger partial charge in [0.1, 0.15) is 5.75 Å². The molecule has 3 N–H and O–H groups in total. The Morgan fingerprint density at radius 2 is 1.95 bits per heavy atom. The summed E-state index contributed by atoms with van der Waals surface area (Å²) in [4.78, 5) is 21.9. The Kier molecular flexibility index (Phi) is 5.81. The van der Waals surface area contributed by atoms with Crippen molar-refractivity contribution in [1.82, 2.24) is 5.32 Å². The summed E-state index contributed by atoms with van der Waals surface area (Å²) in [5.74, 6) is 0.00687. The van der Waals surface area contributed by atoms with E-state index in [1.165, 1.54) is 0 Å². The second-order valence-corrected chi connectivity index (χ2v) is 3.93. The highest BCUT2D eigenvalue weighted by molar-refractivity contribution is 5.79. The van der Waals surface area contributed by atoms with Crippen LogP contribution in [0.1, 0.15) is 19.4 Å². The van der Waals surface area contributed by atoms with E-state index in [4.69, 9.17) is 10.5 Å². The van der Waals surface area contributed by atoms with Crippen molar-refractivity contribution in [2.45, 2.75) is 26.4 Å². The molecule has 19 heavy (non-hydrogen) atoms. The maximum atomic E-state index is 11.1. The number of benzene rings is 1. The van der Waals surface area contributed by atoms with Crippen molar-refractivity contribution in [2.75, 3.05) is 6.61 Å². The summed E-state index contributed by atoms with van der Waals surface area (Å²) in [5.41, 5.74) is 6.08. The normalized spacial score (nSPS) is 11.7. The molecular formula is C13H18N2O4. The van der Waals surface area contributed by atoms with E-state index >= 15 is 0 Å². The molecule has 1 unspecified atom stereocenters. The number of amides is 1. The van der Waals surface area contributed by atoms with Crippen LogP contribution in [0.5, 0.6) is 5.75 Å². The van der Waals surface area contributed by atoms with Gasteiger partial charge in [-0.15, -0.1) is 0 Å².